The number of unbranched alkanes of at least 4 members (excludes halogenated alkanes) is 57. The Morgan fingerprint density at radius 1 is 0.333 bits per heavy atom. The number of rotatable bonds is 70. The van der Waals surface area contributed by atoms with Crippen molar-refractivity contribution in [2.24, 2.45) is 0 Å². The van der Waals surface area contributed by atoms with Gasteiger partial charge in [0.1, 0.15) is 0 Å². The number of esters is 1. The molecule has 1 amide bonds. The zero-order valence-electron chi connectivity index (χ0n) is 55.0. The molecule has 81 heavy (non-hydrogen) atoms. The van der Waals surface area contributed by atoms with E-state index in [1.54, 1.807) is 6.08 Å². The van der Waals surface area contributed by atoms with E-state index < -0.39 is 12.1 Å². The molecule has 0 aliphatic carbocycles. The number of amides is 1. The Kier molecular flexibility index (Phi) is 69.4. The van der Waals surface area contributed by atoms with Gasteiger partial charge in [0.25, 0.3) is 0 Å². The van der Waals surface area contributed by atoms with Crippen LogP contribution in [0.4, 0.5) is 0 Å². The van der Waals surface area contributed by atoms with Gasteiger partial charge in [-0.1, -0.05) is 372 Å². The topological polar surface area (TPSA) is 95.9 Å². The summed E-state index contributed by atoms with van der Waals surface area (Å²) in [6, 6.07) is -0.626. The molecule has 0 bridgehead atoms. The lowest BCUT2D eigenvalue weighted by molar-refractivity contribution is -0.143. The Hall–Kier alpha value is -1.66. The third-order valence-corrected chi connectivity index (χ3v) is 17.5. The minimum Gasteiger partial charge on any atom is -0.466 e. The maximum atomic E-state index is 12.5. The average Bonchev–Trinajstić information content (AvgIpc) is 3.47. The van der Waals surface area contributed by atoms with E-state index in [-0.39, 0.29) is 18.5 Å². The Balaban J connectivity index is 3.37. The quantitative estimate of drug-likeness (QED) is 0.0320. The first-order valence-electron chi connectivity index (χ1n) is 37.1. The fraction of sp³-hybridized carbons (Fsp3) is 0.920. The van der Waals surface area contributed by atoms with Crippen LogP contribution in [0.15, 0.2) is 24.3 Å². The van der Waals surface area contributed by atoms with Crippen LogP contribution in [0.3, 0.4) is 0 Å². The van der Waals surface area contributed by atoms with Crippen LogP contribution in [0.2, 0.25) is 0 Å². The van der Waals surface area contributed by atoms with Crippen molar-refractivity contribution in [2.75, 3.05) is 13.2 Å². The van der Waals surface area contributed by atoms with Gasteiger partial charge in [0.2, 0.25) is 5.91 Å². The average molecular weight is 1140 g/mol. The first-order valence-corrected chi connectivity index (χ1v) is 37.1. The summed E-state index contributed by atoms with van der Waals surface area (Å²) in [7, 11) is 0. The van der Waals surface area contributed by atoms with Crippen LogP contribution in [-0.4, -0.2) is 47.4 Å². The number of carbonyl (C=O) groups excluding carboxylic acids is 2. The van der Waals surface area contributed by atoms with Crippen LogP contribution in [0.5, 0.6) is 0 Å². The fourth-order valence-corrected chi connectivity index (χ4v) is 11.8. The normalized spacial score (nSPS) is 12.6. The number of nitrogens with one attached hydrogen (secondary N) is 1. The second kappa shape index (κ2) is 70.8. The molecule has 0 aromatic rings. The molecule has 0 aromatic carbocycles. The van der Waals surface area contributed by atoms with Gasteiger partial charge in [0.15, 0.2) is 0 Å². The van der Waals surface area contributed by atoms with E-state index in [1.807, 2.05) is 6.08 Å². The monoisotopic (exact) mass is 1140 g/mol. The number of allylic oxidation sites excluding steroid dienone is 3. The molecule has 0 spiro atoms. The highest BCUT2D eigenvalue weighted by Gasteiger charge is 2.18. The smallest absolute Gasteiger partial charge is 0.305 e. The molecule has 0 rings (SSSR count). The van der Waals surface area contributed by atoms with Crippen molar-refractivity contribution >= 4 is 11.9 Å². The lowest BCUT2D eigenvalue weighted by Crippen LogP contribution is -2.45. The van der Waals surface area contributed by atoms with Gasteiger partial charge in [-0.3, -0.25) is 9.59 Å². The fourth-order valence-electron chi connectivity index (χ4n) is 11.8. The van der Waals surface area contributed by atoms with Crippen LogP contribution in [0.25, 0.3) is 0 Å². The Morgan fingerprint density at radius 3 is 0.889 bits per heavy atom. The molecule has 6 nitrogen and oxygen atoms in total. The molecule has 0 fully saturated rings. The number of ether oxygens (including phenoxy) is 1. The summed E-state index contributed by atoms with van der Waals surface area (Å²) in [5.41, 5.74) is 0. The summed E-state index contributed by atoms with van der Waals surface area (Å²) < 4.78 is 5.48. The maximum absolute atomic E-state index is 12.5. The number of aliphatic hydroxyl groups is 2. The molecular formula is C75H145NO5. The van der Waals surface area contributed by atoms with Crippen LogP contribution in [0, 0.1) is 0 Å². The standard InChI is InChI=1S/C75H145NO5/c1-3-5-7-9-11-13-15-17-18-19-20-21-28-31-34-37-40-44-47-51-55-59-63-67-73(78)72(71-77)76-74(79)68-64-60-56-52-48-45-41-38-35-32-29-26-24-22-23-25-27-30-33-36-39-42-46-50-54-58-62-66-70-81-75(80)69-65-61-57-53-49-43-16-14-12-10-8-6-4-2/h14,16,63,67,72-73,77-78H,3-13,15,17-62,64-66,68-71H2,1-2H3,(H,76,79)/b16-14-,67-63+. The van der Waals surface area contributed by atoms with Crippen LogP contribution in [-0.2, 0) is 14.3 Å². The second-order valence-corrected chi connectivity index (χ2v) is 25.6. The Bertz CT molecular complexity index is 1270. The minimum atomic E-state index is -0.843. The van der Waals surface area contributed by atoms with E-state index in [2.05, 4.69) is 31.3 Å². The summed E-state index contributed by atoms with van der Waals surface area (Å²) in [4.78, 5) is 24.6. The van der Waals surface area contributed by atoms with Crippen molar-refractivity contribution in [3.63, 3.8) is 0 Å². The van der Waals surface area contributed by atoms with Gasteiger partial charge in [0.05, 0.1) is 25.4 Å². The van der Waals surface area contributed by atoms with E-state index in [0.717, 1.165) is 44.9 Å². The number of aliphatic hydroxyl groups excluding tert-OH is 2. The van der Waals surface area contributed by atoms with Crippen LogP contribution in [0.1, 0.15) is 418 Å². The number of carbonyl (C=O) groups is 2. The maximum Gasteiger partial charge on any atom is 0.305 e. The lowest BCUT2D eigenvalue weighted by atomic mass is 10.0. The largest absolute Gasteiger partial charge is 0.466 e. The summed E-state index contributed by atoms with van der Waals surface area (Å²) in [6.45, 7) is 4.93. The van der Waals surface area contributed by atoms with Crippen molar-refractivity contribution in [2.45, 2.75) is 431 Å². The molecule has 2 unspecified atom stereocenters. The molecule has 480 valence electrons. The van der Waals surface area contributed by atoms with Crippen molar-refractivity contribution in [1.82, 2.24) is 5.32 Å². The van der Waals surface area contributed by atoms with Crippen molar-refractivity contribution < 1.29 is 24.5 Å². The zero-order valence-corrected chi connectivity index (χ0v) is 55.0. The van der Waals surface area contributed by atoms with Gasteiger partial charge < -0.3 is 20.3 Å². The number of hydrogen-bond acceptors (Lipinski definition) is 5. The van der Waals surface area contributed by atoms with E-state index in [0.29, 0.717) is 19.4 Å². The molecule has 0 aliphatic heterocycles. The summed E-state index contributed by atoms with van der Waals surface area (Å²) in [6.07, 6.45) is 89.9. The molecular weight excluding hydrogens is 995 g/mol. The molecule has 0 heterocycles. The highest BCUT2D eigenvalue weighted by molar-refractivity contribution is 5.76. The van der Waals surface area contributed by atoms with Crippen LogP contribution < -0.4 is 5.32 Å². The van der Waals surface area contributed by atoms with Gasteiger partial charge >= 0.3 is 5.97 Å². The van der Waals surface area contributed by atoms with E-state index in [4.69, 9.17) is 4.74 Å². The molecule has 0 saturated heterocycles. The van der Waals surface area contributed by atoms with Crippen molar-refractivity contribution in [3.05, 3.63) is 24.3 Å². The first-order chi connectivity index (χ1) is 40.0. The van der Waals surface area contributed by atoms with Gasteiger partial charge in [-0.05, 0) is 57.8 Å². The highest BCUT2D eigenvalue weighted by atomic mass is 16.5. The van der Waals surface area contributed by atoms with Gasteiger partial charge in [-0.2, -0.15) is 0 Å². The second-order valence-electron chi connectivity index (χ2n) is 25.6. The van der Waals surface area contributed by atoms with Crippen molar-refractivity contribution in [3.8, 4) is 0 Å². The van der Waals surface area contributed by atoms with Gasteiger partial charge in [0, 0.05) is 12.8 Å². The van der Waals surface area contributed by atoms with Crippen LogP contribution >= 0.6 is 0 Å². The predicted molar refractivity (Wildman–Crippen MR) is 356 cm³/mol. The van der Waals surface area contributed by atoms with E-state index >= 15 is 0 Å². The molecule has 6 heteroatoms. The first kappa shape index (κ1) is 79.3. The number of hydrogen-bond donors (Lipinski definition) is 3. The Morgan fingerprint density at radius 2 is 0.580 bits per heavy atom. The molecule has 0 aliphatic rings. The summed E-state index contributed by atoms with van der Waals surface area (Å²) in [5, 5.41) is 23.3. The Labute approximate surface area is 507 Å². The predicted octanol–water partition coefficient (Wildman–Crippen LogP) is 24.1. The SMILES string of the molecule is CCCCCC/C=C\CCCCCCCC(=O)OCCCCCCCCCCCCCCCCCCCCCCCCCCCCCCC(=O)NC(CO)C(O)/C=C/CCCCCCCCCCCCCCCCCCCCCCC. The molecule has 0 radical (unpaired) electrons. The molecule has 3 N–H and O–H groups in total. The zero-order chi connectivity index (χ0) is 58.5. The molecule has 2 atom stereocenters. The minimum absolute atomic E-state index is 0.00996. The van der Waals surface area contributed by atoms with E-state index in [9.17, 15) is 19.8 Å². The molecule has 0 aromatic heterocycles. The molecule has 0 saturated carbocycles. The third-order valence-electron chi connectivity index (χ3n) is 17.5. The lowest BCUT2D eigenvalue weighted by Gasteiger charge is -2.20. The van der Waals surface area contributed by atoms with Crippen molar-refractivity contribution in [1.29, 1.82) is 0 Å². The van der Waals surface area contributed by atoms with E-state index in [1.165, 1.54) is 347 Å². The third kappa shape index (κ3) is 67.3. The van der Waals surface area contributed by atoms with Gasteiger partial charge in [-0.25, -0.2) is 0 Å². The summed E-state index contributed by atoms with van der Waals surface area (Å²) >= 11 is 0. The summed E-state index contributed by atoms with van der Waals surface area (Å²) in [5.74, 6) is -0.0501. The van der Waals surface area contributed by atoms with Gasteiger partial charge in [-0.15, -0.1) is 0 Å². The highest BCUT2D eigenvalue weighted by Crippen LogP contribution is 2.19.